The van der Waals surface area contributed by atoms with Crippen molar-refractivity contribution in [3.8, 4) is 11.4 Å². The number of rotatable bonds is 4. The minimum absolute atomic E-state index is 0.455. The summed E-state index contributed by atoms with van der Waals surface area (Å²) in [4.78, 5) is 1.62. The highest BCUT2D eigenvalue weighted by Gasteiger charge is 2.10. The molecule has 0 aliphatic carbocycles. The van der Waals surface area contributed by atoms with E-state index in [1.807, 2.05) is 49.4 Å². The van der Waals surface area contributed by atoms with E-state index in [0.717, 1.165) is 28.0 Å². The first-order valence-corrected chi connectivity index (χ1v) is 6.45. The molecule has 0 bridgehead atoms. The summed E-state index contributed by atoms with van der Waals surface area (Å²) in [5, 5.41) is 8.99. The van der Waals surface area contributed by atoms with Gasteiger partial charge in [-0.1, -0.05) is 30.9 Å². The molecular formula is C16H15N3O. The molecule has 0 atom stereocenters. The van der Waals surface area contributed by atoms with Crippen LogP contribution in [-0.4, -0.2) is 21.6 Å². The maximum atomic E-state index is 5.67. The molecule has 1 aromatic heterocycles. The molecule has 100 valence electrons. The van der Waals surface area contributed by atoms with Crippen LogP contribution in [0.15, 0.2) is 55.1 Å². The molecule has 0 saturated heterocycles. The Bertz CT molecular complexity index is 728. The Labute approximate surface area is 117 Å². The molecular weight excluding hydrogens is 250 g/mol. The Morgan fingerprint density at radius 3 is 2.50 bits per heavy atom. The molecule has 0 saturated carbocycles. The average molecular weight is 265 g/mol. The van der Waals surface area contributed by atoms with Crippen molar-refractivity contribution >= 4 is 11.0 Å². The molecule has 3 aromatic rings. The molecule has 4 heteroatoms. The summed E-state index contributed by atoms with van der Waals surface area (Å²) in [7, 11) is 0. The van der Waals surface area contributed by atoms with Crippen LogP contribution in [0.1, 0.15) is 5.56 Å². The van der Waals surface area contributed by atoms with Gasteiger partial charge in [0.1, 0.15) is 29.1 Å². The van der Waals surface area contributed by atoms with Gasteiger partial charge in [0, 0.05) is 0 Å². The van der Waals surface area contributed by atoms with Crippen LogP contribution in [0.25, 0.3) is 16.7 Å². The minimum atomic E-state index is 0.455. The van der Waals surface area contributed by atoms with Crippen LogP contribution in [-0.2, 0) is 0 Å². The van der Waals surface area contributed by atoms with Crippen molar-refractivity contribution in [2.45, 2.75) is 6.92 Å². The first-order chi connectivity index (χ1) is 9.78. The van der Waals surface area contributed by atoms with Crippen molar-refractivity contribution in [1.82, 2.24) is 15.0 Å². The highest BCUT2D eigenvalue weighted by atomic mass is 16.5. The van der Waals surface area contributed by atoms with Crippen molar-refractivity contribution in [2.24, 2.45) is 0 Å². The summed E-state index contributed by atoms with van der Waals surface area (Å²) in [6.45, 7) is 6.15. The standard InChI is InChI=1S/C16H15N3O/c1-3-10-20-16-9-8-12(2)11-15(16)19-17-13-6-4-5-7-14(13)18-19/h3-9,11H,1,10H2,2H3. The highest BCUT2D eigenvalue weighted by molar-refractivity contribution is 5.73. The maximum absolute atomic E-state index is 5.67. The first-order valence-electron chi connectivity index (χ1n) is 6.45. The van der Waals surface area contributed by atoms with E-state index in [9.17, 15) is 0 Å². The molecule has 0 aliphatic heterocycles. The lowest BCUT2D eigenvalue weighted by Gasteiger charge is -2.09. The topological polar surface area (TPSA) is 39.9 Å². The number of ether oxygens (including phenoxy) is 1. The van der Waals surface area contributed by atoms with Crippen LogP contribution in [0.2, 0.25) is 0 Å². The third-order valence-electron chi connectivity index (χ3n) is 2.97. The van der Waals surface area contributed by atoms with Crippen molar-refractivity contribution in [2.75, 3.05) is 6.61 Å². The second-order valence-electron chi connectivity index (χ2n) is 4.55. The van der Waals surface area contributed by atoms with Gasteiger partial charge in [-0.05, 0) is 36.8 Å². The van der Waals surface area contributed by atoms with Gasteiger partial charge in [-0.2, -0.15) is 0 Å². The molecule has 0 N–H and O–H groups in total. The van der Waals surface area contributed by atoms with Crippen LogP contribution in [0.5, 0.6) is 5.75 Å². The van der Waals surface area contributed by atoms with E-state index >= 15 is 0 Å². The smallest absolute Gasteiger partial charge is 0.147 e. The summed E-state index contributed by atoms with van der Waals surface area (Å²) in [5.41, 5.74) is 3.70. The van der Waals surface area contributed by atoms with Gasteiger partial charge in [0.15, 0.2) is 0 Å². The maximum Gasteiger partial charge on any atom is 0.147 e. The summed E-state index contributed by atoms with van der Waals surface area (Å²) in [6.07, 6.45) is 1.72. The monoisotopic (exact) mass is 265 g/mol. The van der Waals surface area contributed by atoms with E-state index in [0.29, 0.717) is 6.61 Å². The largest absolute Gasteiger partial charge is 0.487 e. The molecule has 2 aromatic carbocycles. The van der Waals surface area contributed by atoms with E-state index in [-0.39, 0.29) is 0 Å². The quantitative estimate of drug-likeness (QED) is 0.679. The van der Waals surface area contributed by atoms with Gasteiger partial charge in [0.2, 0.25) is 0 Å². The van der Waals surface area contributed by atoms with Gasteiger partial charge >= 0.3 is 0 Å². The van der Waals surface area contributed by atoms with Gasteiger partial charge < -0.3 is 4.74 Å². The average Bonchev–Trinajstić information content (AvgIpc) is 2.89. The summed E-state index contributed by atoms with van der Waals surface area (Å²) in [6, 6.07) is 13.7. The predicted octanol–water partition coefficient (Wildman–Crippen LogP) is 3.29. The lowest BCUT2D eigenvalue weighted by Crippen LogP contribution is -2.04. The number of benzene rings is 2. The molecule has 4 nitrogen and oxygen atoms in total. The van der Waals surface area contributed by atoms with Crippen molar-refractivity contribution in [3.05, 3.63) is 60.7 Å². The molecule has 1 heterocycles. The lowest BCUT2D eigenvalue weighted by atomic mass is 10.2. The summed E-state index contributed by atoms with van der Waals surface area (Å²) >= 11 is 0. The molecule has 0 unspecified atom stereocenters. The summed E-state index contributed by atoms with van der Waals surface area (Å²) in [5.74, 6) is 0.746. The van der Waals surface area contributed by atoms with E-state index in [2.05, 4.69) is 16.8 Å². The molecule has 3 rings (SSSR count). The third kappa shape index (κ3) is 2.28. The molecule has 0 radical (unpaired) electrons. The fourth-order valence-corrected chi connectivity index (χ4v) is 2.02. The zero-order valence-electron chi connectivity index (χ0n) is 11.3. The van der Waals surface area contributed by atoms with E-state index in [1.165, 1.54) is 0 Å². The van der Waals surface area contributed by atoms with Crippen LogP contribution in [0.3, 0.4) is 0 Å². The normalized spacial score (nSPS) is 10.7. The zero-order chi connectivity index (χ0) is 13.9. The predicted molar refractivity (Wildman–Crippen MR) is 79.3 cm³/mol. The van der Waals surface area contributed by atoms with Crippen molar-refractivity contribution in [3.63, 3.8) is 0 Å². The zero-order valence-corrected chi connectivity index (χ0v) is 11.3. The SMILES string of the molecule is C=CCOc1ccc(C)cc1-n1nc2ccccc2n1. The summed E-state index contributed by atoms with van der Waals surface area (Å²) < 4.78 is 5.67. The molecule has 0 amide bonds. The molecule has 0 fully saturated rings. The number of aromatic nitrogens is 3. The van der Waals surface area contributed by atoms with Gasteiger partial charge in [-0.15, -0.1) is 15.0 Å². The van der Waals surface area contributed by atoms with Crippen molar-refractivity contribution < 1.29 is 4.74 Å². The van der Waals surface area contributed by atoms with Crippen LogP contribution in [0, 0.1) is 6.92 Å². The fourth-order valence-electron chi connectivity index (χ4n) is 2.02. The Hall–Kier alpha value is -2.62. The number of aryl methyl sites for hydroxylation is 1. The fraction of sp³-hybridized carbons (Fsp3) is 0.125. The number of hydrogen-bond acceptors (Lipinski definition) is 3. The van der Waals surface area contributed by atoms with E-state index in [4.69, 9.17) is 4.74 Å². The minimum Gasteiger partial charge on any atom is -0.487 e. The Morgan fingerprint density at radius 1 is 1.15 bits per heavy atom. The van der Waals surface area contributed by atoms with Crippen LogP contribution >= 0.6 is 0 Å². The highest BCUT2D eigenvalue weighted by Crippen LogP contribution is 2.24. The van der Waals surface area contributed by atoms with Gasteiger partial charge in [0.25, 0.3) is 0 Å². The van der Waals surface area contributed by atoms with E-state index < -0.39 is 0 Å². The molecule has 0 spiro atoms. The lowest BCUT2D eigenvalue weighted by molar-refractivity contribution is 0.360. The van der Waals surface area contributed by atoms with Crippen molar-refractivity contribution in [1.29, 1.82) is 0 Å². The Morgan fingerprint density at radius 2 is 1.85 bits per heavy atom. The van der Waals surface area contributed by atoms with Crippen LogP contribution in [0.4, 0.5) is 0 Å². The second kappa shape index (κ2) is 5.17. The van der Waals surface area contributed by atoms with Gasteiger partial charge in [0.05, 0.1) is 0 Å². The Balaban J connectivity index is 2.11. The number of nitrogens with zero attached hydrogens (tertiary/aromatic N) is 3. The third-order valence-corrected chi connectivity index (χ3v) is 2.97. The number of hydrogen-bond donors (Lipinski definition) is 0. The number of fused-ring (bicyclic) bond motifs is 1. The molecule has 20 heavy (non-hydrogen) atoms. The van der Waals surface area contributed by atoms with E-state index in [1.54, 1.807) is 10.9 Å². The Kier molecular flexibility index (Phi) is 3.21. The van der Waals surface area contributed by atoms with Gasteiger partial charge in [-0.25, -0.2) is 0 Å². The van der Waals surface area contributed by atoms with Gasteiger partial charge in [-0.3, -0.25) is 0 Å². The molecule has 0 aliphatic rings. The second-order valence-corrected chi connectivity index (χ2v) is 4.55. The van der Waals surface area contributed by atoms with Crippen LogP contribution < -0.4 is 4.74 Å². The first kappa shape index (κ1) is 12.4.